The van der Waals surface area contributed by atoms with E-state index >= 15 is 0 Å². The van der Waals surface area contributed by atoms with Crippen LogP contribution in [0.2, 0.25) is 0 Å². The first-order valence-electron chi connectivity index (χ1n) is 7.13. The Balaban J connectivity index is 0.00000176. The van der Waals surface area contributed by atoms with Crippen molar-refractivity contribution in [1.82, 2.24) is 19.6 Å². The lowest BCUT2D eigenvalue weighted by atomic mass is 10.1. The molecule has 0 aromatic carbocycles. The zero-order chi connectivity index (χ0) is 14.8. The molecule has 1 aliphatic rings. The van der Waals surface area contributed by atoms with Crippen LogP contribution < -0.4 is 10.9 Å². The molecule has 3 rings (SSSR count). The third-order valence-corrected chi connectivity index (χ3v) is 3.96. The molecule has 1 atom stereocenters. The summed E-state index contributed by atoms with van der Waals surface area (Å²) in [5.41, 5.74) is 0.374. The minimum absolute atomic E-state index is 0. The zero-order valence-corrected chi connectivity index (χ0v) is 13.2. The van der Waals surface area contributed by atoms with Crippen LogP contribution in [0.5, 0.6) is 0 Å². The fraction of sp³-hybridized carbons (Fsp3) is 0.400. The third kappa shape index (κ3) is 2.98. The van der Waals surface area contributed by atoms with Crippen LogP contribution in [0, 0.1) is 0 Å². The lowest BCUT2D eigenvalue weighted by Gasteiger charge is -2.32. The van der Waals surface area contributed by atoms with Crippen LogP contribution in [-0.2, 0) is 0 Å². The number of aromatic nitrogens is 2. The summed E-state index contributed by atoms with van der Waals surface area (Å²) in [5.74, 6) is -0.231. The lowest BCUT2D eigenvalue weighted by molar-refractivity contribution is 0.0695. The highest BCUT2D eigenvalue weighted by atomic mass is 35.5. The number of amides is 1. The molecular formula is C15H19ClN4O2. The van der Waals surface area contributed by atoms with Gasteiger partial charge in [-0.25, -0.2) is 4.98 Å². The molecule has 6 nitrogen and oxygen atoms in total. The number of likely N-dealkylation sites (N-methyl/N-ethyl adjacent to an activating group) is 1. The summed E-state index contributed by atoms with van der Waals surface area (Å²) in [6.45, 7) is 1.32. The highest BCUT2D eigenvalue weighted by molar-refractivity contribution is 5.93. The number of carbonyl (C=O) groups excluding carboxylic acids is 1. The van der Waals surface area contributed by atoms with Gasteiger partial charge in [-0.1, -0.05) is 6.07 Å². The molecule has 1 saturated heterocycles. The molecule has 1 fully saturated rings. The third-order valence-electron chi connectivity index (χ3n) is 3.96. The van der Waals surface area contributed by atoms with Crippen LogP contribution in [-0.4, -0.2) is 46.4 Å². The molecule has 7 heteroatoms. The zero-order valence-electron chi connectivity index (χ0n) is 12.4. The van der Waals surface area contributed by atoms with E-state index < -0.39 is 0 Å². The number of pyridine rings is 1. The van der Waals surface area contributed by atoms with Gasteiger partial charge in [0.05, 0.1) is 0 Å². The second-order valence-corrected chi connectivity index (χ2v) is 5.28. The number of halogens is 1. The summed E-state index contributed by atoms with van der Waals surface area (Å²) in [7, 11) is 1.89. The van der Waals surface area contributed by atoms with Crippen molar-refractivity contribution in [2.24, 2.45) is 0 Å². The molecule has 0 saturated carbocycles. The van der Waals surface area contributed by atoms with E-state index in [1.54, 1.807) is 23.2 Å². The fourth-order valence-electron chi connectivity index (χ4n) is 2.74. The predicted octanol–water partition coefficient (Wildman–Crippen LogP) is 0.940. The van der Waals surface area contributed by atoms with Crippen molar-refractivity contribution in [3.05, 3.63) is 46.5 Å². The minimum atomic E-state index is -0.308. The van der Waals surface area contributed by atoms with E-state index in [1.807, 2.05) is 13.1 Å². The highest BCUT2D eigenvalue weighted by Crippen LogP contribution is 2.12. The molecule has 2 aromatic rings. The Kier molecular flexibility index (Phi) is 5.15. The van der Waals surface area contributed by atoms with Crippen LogP contribution in [0.15, 0.2) is 35.4 Å². The quantitative estimate of drug-likeness (QED) is 0.893. The van der Waals surface area contributed by atoms with Crippen molar-refractivity contribution in [3.63, 3.8) is 0 Å². The maximum atomic E-state index is 12.6. The smallest absolute Gasteiger partial charge is 0.270 e. The van der Waals surface area contributed by atoms with Gasteiger partial charge in [-0.3, -0.25) is 14.0 Å². The SMILES string of the molecule is CNC1CCCN(C(=O)c2cnc3ccccn3c2=O)C1.Cl. The first-order valence-corrected chi connectivity index (χ1v) is 7.13. The van der Waals surface area contributed by atoms with Gasteiger partial charge in [-0.15, -0.1) is 12.4 Å². The summed E-state index contributed by atoms with van der Waals surface area (Å²) >= 11 is 0. The maximum absolute atomic E-state index is 12.6. The molecule has 0 spiro atoms. The number of fused-ring (bicyclic) bond motifs is 1. The molecule has 118 valence electrons. The average Bonchev–Trinajstić information content (AvgIpc) is 2.55. The Morgan fingerprint density at radius 1 is 1.41 bits per heavy atom. The second kappa shape index (κ2) is 6.89. The summed E-state index contributed by atoms with van der Waals surface area (Å²) in [6.07, 6.45) is 5.02. The topological polar surface area (TPSA) is 66.7 Å². The predicted molar refractivity (Wildman–Crippen MR) is 86.7 cm³/mol. The van der Waals surface area contributed by atoms with E-state index in [1.165, 1.54) is 10.6 Å². The molecule has 0 radical (unpaired) electrons. The normalized spacial score (nSPS) is 18.0. The van der Waals surface area contributed by atoms with Gasteiger partial charge in [0.2, 0.25) is 0 Å². The largest absolute Gasteiger partial charge is 0.337 e. The molecule has 1 N–H and O–H groups in total. The van der Waals surface area contributed by atoms with E-state index in [4.69, 9.17) is 0 Å². The highest BCUT2D eigenvalue weighted by Gasteiger charge is 2.25. The Morgan fingerprint density at radius 2 is 2.23 bits per heavy atom. The van der Waals surface area contributed by atoms with Gasteiger partial charge in [0.25, 0.3) is 11.5 Å². The van der Waals surface area contributed by atoms with Crippen LogP contribution in [0.4, 0.5) is 0 Å². The number of carbonyl (C=O) groups is 1. The summed E-state index contributed by atoms with van der Waals surface area (Å²) in [5, 5.41) is 3.19. The van der Waals surface area contributed by atoms with Crippen molar-refractivity contribution in [2.45, 2.75) is 18.9 Å². The number of likely N-dealkylation sites (tertiary alicyclic amines) is 1. The van der Waals surface area contributed by atoms with Crippen LogP contribution in [0.3, 0.4) is 0 Å². The number of nitrogens with one attached hydrogen (secondary N) is 1. The van der Waals surface area contributed by atoms with Gasteiger partial charge in [0.1, 0.15) is 11.2 Å². The van der Waals surface area contributed by atoms with Crippen molar-refractivity contribution in [3.8, 4) is 0 Å². The molecule has 1 amide bonds. The summed E-state index contributed by atoms with van der Waals surface area (Å²) in [4.78, 5) is 30.9. The van der Waals surface area contributed by atoms with Crippen molar-refractivity contribution < 1.29 is 4.79 Å². The Bertz CT molecular complexity index is 731. The van der Waals surface area contributed by atoms with Gasteiger partial charge in [0, 0.05) is 31.5 Å². The Hall–Kier alpha value is -1.92. The van der Waals surface area contributed by atoms with Crippen molar-refractivity contribution in [1.29, 1.82) is 0 Å². The minimum Gasteiger partial charge on any atom is -0.337 e. The molecule has 22 heavy (non-hydrogen) atoms. The first kappa shape index (κ1) is 16.5. The monoisotopic (exact) mass is 322 g/mol. The Morgan fingerprint density at radius 3 is 3.00 bits per heavy atom. The maximum Gasteiger partial charge on any atom is 0.270 e. The molecular weight excluding hydrogens is 304 g/mol. The molecule has 1 unspecified atom stereocenters. The average molecular weight is 323 g/mol. The van der Waals surface area contributed by atoms with Crippen molar-refractivity contribution in [2.75, 3.05) is 20.1 Å². The number of hydrogen-bond donors (Lipinski definition) is 1. The molecule has 0 aliphatic carbocycles. The van der Waals surface area contributed by atoms with Crippen LogP contribution >= 0.6 is 12.4 Å². The molecule has 3 heterocycles. The first-order chi connectivity index (χ1) is 10.2. The van der Waals surface area contributed by atoms with Crippen molar-refractivity contribution >= 4 is 24.0 Å². The van der Waals surface area contributed by atoms with E-state index in [9.17, 15) is 9.59 Å². The number of hydrogen-bond acceptors (Lipinski definition) is 4. The van der Waals surface area contributed by atoms with Gasteiger partial charge >= 0.3 is 0 Å². The molecule has 2 aromatic heterocycles. The van der Waals surface area contributed by atoms with Gasteiger partial charge in [0.15, 0.2) is 0 Å². The van der Waals surface area contributed by atoms with Gasteiger partial charge in [-0.05, 0) is 32.0 Å². The second-order valence-electron chi connectivity index (χ2n) is 5.28. The molecule has 1 aliphatic heterocycles. The number of piperidine rings is 1. The summed E-state index contributed by atoms with van der Waals surface area (Å²) in [6, 6.07) is 5.60. The van der Waals surface area contributed by atoms with E-state index in [0.29, 0.717) is 24.8 Å². The molecule has 0 bridgehead atoms. The van der Waals surface area contributed by atoms with E-state index in [2.05, 4.69) is 10.3 Å². The number of nitrogens with zero attached hydrogens (tertiary/aromatic N) is 3. The standard InChI is InChI=1S/C15H18N4O2.ClH/c1-16-11-5-4-7-18(10-11)14(20)12-9-17-13-6-2-3-8-19(13)15(12)21;/h2-3,6,8-9,11,16H,4-5,7,10H2,1H3;1H. The fourth-order valence-corrected chi connectivity index (χ4v) is 2.74. The number of rotatable bonds is 2. The van der Waals surface area contributed by atoms with Gasteiger partial charge in [-0.2, -0.15) is 0 Å². The Labute approximate surface area is 134 Å². The van der Waals surface area contributed by atoms with E-state index in [-0.39, 0.29) is 29.4 Å². The van der Waals surface area contributed by atoms with Crippen LogP contribution in [0.1, 0.15) is 23.2 Å². The summed E-state index contributed by atoms with van der Waals surface area (Å²) < 4.78 is 1.41. The van der Waals surface area contributed by atoms with E-state index in [0.717, 1.165) is 12.8 Å². The van der Waals surface area contributed by atoms with Crippen LogP contribution in [0.25, 0.3) is 5.65 Å². The van der Waals surface area contributed by atoms with Gasteiger partial charge < -0.3 is 10.2 Å². The lowest BCUT2D eigenvalue weighted by Crippen LogP contribution is -2.48.